The summed E-state index contributed by atoms with van der Waals surface area (Å²) in [5, 5.41) is 10.8. The van der Waals surface area contributed by atoms with Gasteiger partial charge in [0.15, 0.2) is 5.78 Å². The minimum Gasteiger partial charge on any atom is -0.494 e. The van der Waals surface area contributed by atoms with Gasteiger partial charge in [-0.2, -0.15) is 0 Å². The Kier molecular flexibility index (Phi) is 7.99. The molecule has 4 rings (SSSR count). The van der Waals surface area contributed by atoms with E-state index in [4.69, 9.17) is 9.15 Å². The summed E-state index contributed by atoms with van der Waals surface area (Å²) in [4.78, 5) is 43.4. The molecule has 0 bridgehead atoms. The summed E-state index contributed by atoms with van der Waals surface area (Å²) in [6.07, 6.45) is 7.19. The molecule has 0 saturated carbocycles. The third-order valence-corrected chi connectivity index (χ3v) is 7.41. The van der Waals surface area contributed by atoms with Gasteiger partial charge in [0.2, 0.25) is 5.88 Å². The fourth-order valence-electron chi connectivity index (χ4n) is 4.73. The number of aromatic nitrogens is 2. The van der Waals surface area contributed by atoms with Crippen molar-refractivity contribution in [2.75, 3.05) is 0 Å². The number of hydrogen-bond donors (Lipinski definition) is 3. The summed E-state index contributed by atoms with van der Waals surface area (Å²) in [6, 6.07) is 3.77. The highest BCUT2D eigenvalue weighted by Gasteiger charge is 2.39. The first-order chi connectivity index (χ1) is 20.0. The SMILES string of the molecule is CC(C)(C)C1=CC(=CC2=C(c3c(O)[nH]c(=O)[nH]c3=O)/C(=C/c3cc(C(C)(C)C)[o+]c(C(C)(C)C)c3)C2=O)C=C(C(C)(C)C)O1. The summed E-state index contributed by atoms with van der Waals surface area (Å²) in [6.45, 7) is 24.5. The van der Waals surface area contributed by atoms with Crippen molar-refractivity contribution in [1.29, 1.82) is 0 Å². The summed E-state index contributed by atoms with van der Waals surface area (Å²) in [7, 11) is 0. The molecule has 0 atom stereocenters. The molecule has 8 nitrogen and oxygen atoms in total. The highest BCUT2D eigenvalue weighted by molar-refractivity contribution is 6.36. The number of nitrogens with one attached hydrogen (secondary N) is 2. The molecule has 1 aliphatic heterocycles. The molecule has 1 aliphatic carbocycles. The maximum Gasteiger partial charge on any atom is 0.335 e. The van der Waals surface area contributed by atoms with Crippen LogP contribution in [0.25, 0.3) is 11.6 Å². The Bertz CT molecular complexity index is 1750. The van der Waals surface area contributed by atoms with Crippen LogP contribution in [0, 0.1) is 10.8 Å². The van der Waals surface area contributed by atoms with Crippen molar-refractivity contribution in [2.24, 2.45) is 10.8 Å². The molecule has 2 aromatic rings. The summed E-state index contributed by atoms with van der Waals surface area (Å²) in [5.74, 6) is 2.05. The maximum atomic E-state index is 13.9. The van der Waals surface area contributed by atoms with E-state index in [1.165, 1.54) is 0 Å². The van der Waals surface area contributed by atoms with Crippen LogP contribution in [0.15, 0.2) is 72.6 Å². The first kappa shape index (κ1) is 32.7. The van der Waals surface area contributed by atoms with Crippen LogP contribution in [0.4, 0.5) is 0 Å². The number of allylic oxidation sites excluding steroid dienone is 9. The molecule has 44 heavy (non-hydrogen) atoms. The molecule has 0 radical (unpaired) electrons. The van der Waals surface area contributed by atoms with Gasteiger partial charge in [-0.1, -0.05) is 41.5 Å². The Hall–Kier alpha value is -4.20. The van der Waals surface area contributed by atoms with Gasteiger partial charge in [-0.3, -0.25) is 19.6 Å². The first-order valence-electron chi connectivity index (χ1n) is 14.9. The number of aromatic hydroxyl groups is 1. The van der Waals surface area contributed by atoms with E-state index in [9.17, 15) is 19.5 Å². The minimum atomic E-state index is -0.845. The second-order valence-electron chi connectivity index (χ2n) is 15.7. The molecule has 3 N–H and O–H groups in total. The van der Waals surface area contributed by atoms with Crippen LogP contribution < -0.4 is 11.2 Å². The zero-order chi connectivity index (χ0) is 33.2. The van der Waals surface area contributed by atoms with Gasteiger partial charge in [0.25, 0.3) is 5.56 Å². The molecular weight excluding hydrogens is 556 g/mol. The van der Waals surface area contributed by atoms with Gasteiger partial charge in [0, 0.05) is 39.7 Å². The summed E-state index contributed by atoms with van der Waals surface area (Å²) in [5.41, 5.74) is -0.894. The molecule has 2 aromatic heterocycles. The van der Waals surface area contributed by atoms with E-state index in [1.807, 2.05) is 107 Å². The fraction of sp³-hybridized carbons (Fsp3) is 0.444. The Morgan fingerprint density at radius 1 is 0.727 bits per heavy atom. The number of ether oxygens (including phenoxy) is 1. The number of rotatable bonds is 3. The second-order valence-corrected chi connectivity index (χ2v) is 15.7. The van der Waals surface area contributed by atoms with E-state index in [-0.39, 0.29) is 49.7 Å². The van der Waals surface area contributed by atoms with E-state index in [1.54, 1.807) is 12.2 Å². The zero-order valence-corrected chi connectivity index (χ0v) is 28.0. The molecule has 3 heterocycles. The van der Waals surface area contributed by atoms with Crippen LogP contribution in [-0.4, -0.2) is 20.9 Å². The van der Waals surface area contributed by atoms with E-state index in [2.05, 4.69) is 9.97 Å². The number of carbonyl (C=O) groups is 1. The number of aromatic amines is 2. The van der Waals surface area contributed by atoms with Gasteiger partial charge in [-0.05, 0) is 77.0 Å². The van der Waals surface area contributed by atoms with Crippen molar-refractivity contribution < 1.29 is 19.1 Å². The largest absolute Gasteiger partial charge is 0.494 e. The lowest BCUT2D eigenvalue weighted by Gasteiger charge is -2.33. The molecule has 0 amide bonds. The molecule has 0 fully saturated rings. The smallest absolute Gasteiger partial charge is 0.335 e. The van der Waals surface area contributed by atoms with E-state index >= 15 is 0 Å². The second kappa shape index (κ2) is 10.8. The van der Waals surface area contributed by atoms with Crippen LogP contribution in [-0.2, 0) is 20.4 Å². The molecular formula is C36H45N2O6+. The lowest BCUT2D eigenvalue weighted by atomic mass is 9.75. The van der Waals surface area contributed by atoms with E-state index < -0.39 is 17.1 Å². The molecule has 0 saturated heterocycles. The molecule has 0 aromatic carbocycles. The van der Waals surface area contributed by atoms with Gasteiger partial charge < -0.3 is 9.84 Å². The third kappa shape index (κ3) is 6.64. The average Bonchev–Trinajstić information content (AvgIpc) is 2.86. The monoisotopic (exact) mass is 601 g/mol. The number of Topliss-reactive ketones (excluding diaryl/α,β-unsaturated/α-hetero) is 1. The Balaban J connectivity index is 2.03. The van der Waals surface area contributed by atoms with Gasteiger partial charge in [0.1, 0.15) is 17.1 Å². The van der Waals surface area contributed by atoms with Crippen LogP contribution in [0.5, 0.6) is 5.88 Å². The third-order valence-electron chi connectivity index (χ3n) is 7.41. The first-order valence-corrected chi connectivity index (χ1v) is 14.9. The average molecular weight is 602 g/mol. The van der Waals surface area contributed by atoms with Crippen molar-refractivity contribution in [3.05, 3.63) is 102 Å². The van der Waals surface area contributed by atoms with Crippen molar-refractivity contribution >= 4 is 17.4 Å². The minimum absolute atomic E-state index is 0.179. The highest BCUT2D eigenvalue weighted by Crippen LogP contribution is 2.44. The highest BCUT2D eigenvalue weighted by atomic mass is 16.5. The van der Waals surface area contributed by atoms with Crippen molar-refractivity contribution in [3.63, 3.8) is 0 Å². The van der Waals surface area contributed by atoms with E-state index in [0.717, 1.165) is 34.2 Å². The predicted molar refractivity (Wildman–Crippen MR) is 174 cm³/mol. The maximum absolute atomic E-state index is 13.9. The van der Waals surface area contributed by atoms with Gasteiger partial charge in [-0.15, -0.1) is 0 Å². The van der Waals surface area contributed by atoms with Crippen LogP contribution in [0.3, 0.4) is 0 Å². The number of ketones is 1. The predicted octanol–water partition coefficient (Wildman–Crippen LogP) is 7.47. The standard InChI is InChI=1S/C36H44N2O6/c1-33(2,3)23-15-19(16-24(43-23)34(4,5)6)13-21-27(28-30(40)37-32(42)38-31(28)41)22(29(21)39)14-20-17-25(35(7,8)9)44-26(18-20)36(10,11)12/h13-18H,1-12H3,(H2-,37,38,39,40,41,42)/p+1. The molecule has 234 valence electrons. The molecule has 0 unspecified atom stereocenters. The lowest BCUT2D eigenvalue weighted by molar-refractivity contribution is -0.112. The quantitative estimate of drug-likeness (QED) is 0.248. The molecule has 2 aliphatic rings. The van der Waals surface area contributed by atoms with Crippen molar-refractivity contribution in [2.45, 2.75) is 93.9 Å². The van der Waals surface area contributed by atoms with Crippen LogP contribution in [0.2, 0.25) is 0 Å². The fourth-order valence-corrected chi connectivity index (χ4v) is 4.73. The van der Waals surface area contributed by atoms with Gasteiger partial charge in [-0.25, -0.2) is 9.21 Å². The number of H-pyrrole nitrogens is 2. The number of carbonyl (C=O) groups excluding carboxylic acids is 1. The molecule has 0 spiro atoms. The Morgan fingerprint density at radius 3 is 1.66 bits per heavy atom. The summed E-state index contributed by atoms with van der Waals surface area (Å²) < 4.78 is 12.5. The Labute approximate surface area is 259 Å². The van der Waals surface area contributed by atoms with Gasteiger partial charge >= 0.3 is 17.2 Å². The van der Waals surface area contributed by atoms with Crippen LogP contribution in [0.1, 0.15) is 106 Å². The summed E-state index contributed by atoms with van der Waals surface area (Å²) >= 11 is 0. The topological polar surface area (TPSA) is 124 Å². The van der Waals surface area contributed by atoms with Crippen molar-refractivity contribution in [1.82, 2.24) is 9.97 Å². The normalized spacial score (nSPS) is 17.3. The van der Waals surface area contributed by atoms with E-state index in [0.29, 0.717) is 0 Å². The lowest BCUT2D eigenvalue weighted by Crippen LogP contribution is -2.30. The van der Waals surface area contributed by atoms with Gasteiger partial charge in [0.05, 0.1) is 10.8 Å². The Morgan fingerprint density at radius 2 is 1.23 bits per heavy atom. The van der Waals surface area contributed by atoms with Crippen molar-refractivity contribution in [3.8, 4) is 5.88 Å². The number of hydrogen-bond acceptors (Lipinski definition) is 5. The molecule has 8 heteroatoms. The zero-order valence-electron chi connectivity index (χ0n) is 28.0. The van der Waals surface area contributed by atoms with Crippen LogP contribution >= 0.6 is 0 Å².